The van der Waals surface area contributed by atoms with Gasteiger partial charge < -0.3 is 15.2 Å². The zero-order chi connectivity index (χ0) is 20.7. The maximum Gasteiger partial charge on any atom is 0.251 e. The molecule has 7 nitrogen and oxygen atoms in total. The molecule has 2 N–H and O–H groups in total. The summed E-state index contributed by atoms with van der Waals surface area (Å²) in [6, 6.07) is 4.21. The second-order valence-corrected chi connectivity index (χ2v) is 8.82. The Morgan fingerprint density at radius 3 is 2.80 bits per heavy atom. The molecule has 2 fully saturated rings. The van der Waals surface area contributed by atoms with Crippen LogP contribution in [0, 0.1) is 12.8 Å². The van der Waals surface area contributed by atoms with Crippen molar-refractivity contribution in [3.8, 4) is 0 Å². The molecule has 8 heteroatoms. The summed E-state index contributed by atoms with van der Waals surface area (Å²) in [7, 11) is 0. The Labute approximate surface area is 179 Å². The van der Waals surface area contributed by atoms with Gasteiger partial charge in [0.2, 0.25) is 0 Å². The van der Waals surface area contributed by atoms with Crippen molar-refractivity contribution in [2.75, 3.05) is 23.3 Å². The molecule has 30 heavy (non-hydrogen) atoms. The lowest BCUT2D eigenvalue weighted by Crippen LogP contribution is -2.36. The van der Waals surface area contributed by atoms with Gasteiger partial charge in [-0.2, -0.15) is 0 Å². The first kappa shape index (κ1) is 19.3. The summed E-state index contributed by atoms with van der Waals surface area (Å²) in [5.74, 6) is 2.25. The number of nitrogens with one attached hydrogen (secondary N) is 2. The molecule has 5 rings (SSSR count). The van der Waals surface area contributed by atoms with Gasteiger partial charge >= 0.3 is 0 Å². The number of anilines is 2. The lowest BCUT2D eigenvalue weighted by atomic mass is 9.90. The molecule has 1 saturated carbocycles. The Morgan fingerprint density at radius 2 is 2.03 bits per heavy atom. The minimum Gasteiger partial charge on any atom is -0.364 e. The van der Waals surface area contributed by atoms with Gasteiger partial charge in [-0.15, -0.1) is 0 Å². The largest absolute Gasteiger partial charge is 0.364 e. The molecule has 1 aliphatic carbocycles. The van der Waals surface area contributed by atoms with Crippen molar-refractivity contribution in [2.24, 2.45) is 5.92 Å². The second-order valence-electron chi connectivity index (χ2n) is 8.39. The smallest absolute Gasteiger partial charge is 0.251 e. The van der Waals surface area contributed by atoms with Crippen LogP contribution in [0.1, 0.15) is 36.9 Å². The van der Waals surface area contributed by atoms with Gasteiger partial charge in [-0.05, 0) is 57.1 Å². The van der Waals surface area contributed by atoms with E-state index < -0.39 is 0 Å². The van der Waals surface area contributed by atoms with Gasteiger partial charge in [0, 0.05) is 37.1 Å². The molecule has 0 aromatic carbocycles. The van der Waals surface area contributed by atoms with E-state index in [0.29, 0.717) is 17.0 Å². The van der Waals surface area contributed by atoms with Crippen LogP contribution < -0.4 is 15.8 Å². The highest BCUT2D eigenvalue weighted by Gasteiger charge is 2.28. The fraction of sp³-hybridized carbons (Fsp3) is 0.455. The van der Waals surface area contributed by atoms with Crippen LogP contribution in [-0.4, -0.2) is 39.1 Å². The highest BCUT2D eigenvalue weighted by molar-refractivity contribution is 6.30. The number of hydrogen-bond acceptors (Lipinski definition) is 6. The number of hydrogen-bond donors (Lipinski definition) is 2. The molecule has 0 unspecified atom stereocenters. The van der Waals surface area contributed by atoms with Crippen molar-refractivity contribution in [1.82, 2.24) is 19.9 Å². The third-order valence-electron chi connectivity index (χ3n) is 6.03. The Kier molecular flexibility index (Phi) is 5.06. The standard InChI is InChI=1S/C22H25ClN6O/c1-13-19-18(4-7-24-13)27-20(26-17-2-3-17)21(28-19)29-8-5-14(6-9-29)10-15-11-16(23)12-25-22(15)30/h4,7,11-12,14,17H,2-3,5-6,8-10H2,1H3,(H,25,30)(H,26,27). The third-order valence-corrected chi connectivity index (χ3v) is 6.25. The maximum atomic E-state index is 12.1. The van der Waals surface area contributed by atoms with Crippen LogP contribution in [0.25, 0.3) is 11.0 Å². The summed E-state index contributed by atoms with van der Waals surface area (Å²) in [4.78, 5) is 31.4. The minimum absolute atomic E-state index is 0.0406. The van der Waals surface area contributed by atoms with E-state index in [2.05, 4.69) is 20.2 Å². The topological polar surface area (TPSA) is 86.8 Å². The van der Waals surface area contributed by atoms with Crippen molar-refractivity contribution in [3.05, 3.63) is 51.2 Å². The van der Waals surface area contributed by atoms with Crippen LogP contribution in [0.3, 0.4) is 0 Å². The normalized spacial score (nSPS) is 17.5. The molecule has 3 aromatic heterocycles. The maximum absolute atomic E-state index is 12.1. The Balaban J connectivity index is 1.36. The lowest BCUT2D eigenvalue weighted by Gasteiger charge is -2.33. The van der Waals surface area contributed by atoms with Gasteiger partial charge in [-0.25, -0.2) is 9.97 Å². The van der Waals surface area contributed by atoms with Crippen molar-refractivity contribution in [3.63, 3.8) is 0 Å². The van der Waals surface area contributed by atoms with Gasteiger partial charge in [0.15, 0.2) is 11.6 Å². The van der Waals surface area contributed by atoms with E-state index in [4.69, 9.17) is 21.6 Å². The molecule has 3 aromatic rings. The SMILES string of the molecule is Cc1nccc2nc(NC3CC3)c(N3CCC(Cc4cc(Cl)c[nH]c4=O)CC3)nc12. The first-order valence-electron chi connectivity index (χ1n) is 10.6. The number of rotatable bonds is 5. The molecule has 0 radical (unpaired) electrons. The van der Waals surface area contributed by atoms with Crippen LogP contribution in [0.5, 0.6) is 0 Å². The fourth-order valence-electron chi connectivity index (χ4n) is 4.15. The molecular weight excluding hydrogens is 400 g/mol. The van der Waals surface area contributed by atoms with Gasteiger partial charge in [-0.1, -0.05) is 11.6 Å². The average molecular weight is 425 g/mol. The van der Waals surface area contributed by atoms with Crippen molar-refractivity contribution < 1.29 is 0 Å². The van der Waals surface area contributed by atoms with Crippen LogP contribution in [0.4, 0.5) is 11.6 Å². The van der Waals surface area contributed by atoms with E-state index in [9.17, 15) is 4.79 Å². The molecule has 0 atom stereocenters. The van der Waals surface area contributed by atoms with Gasteiger partial charge in [-0.3, -0.25) is 9.78 Å². The number of nitrogens with zero attached hydrogens (tertiary/aromatic N) is 4. The number of halogens is 1. The number of H-pyrrole nitrogens is 1. The summed E-state index contributed by atoms with van der Waals surface area (Å²) in [5, 5.41) is 4.14. The van der Waals surface area contributed by atoms with Crippen molar-refractivity contribution in [1.29, 1.82) is 0 Å². The quantitative estimate of drug-likeness (QED) is 0.649. The molecule has 0 bridgehead atoms. The monoisotopic (exact) mass is 424 g/mol. The molecule has 1 saturated heterocycles. The Hall–Kier alpha value is -2.67. The number of aryl methyl sites for hydroxylation is 1. The average Bonchev–Trinajstić information content (AvgIpc) is 3.55. The number of aromatic nitrogens is 4. The Morgan fingerprint density at radius 1 is 1.23 bits per heavy atom. The van der Waals surface area contributed by atoms with Crippen molar-refractivity contribution >= 4 is 34.3 Å². The van der Waals surface area contributed by atoms with E-state index in [1.165, 1.54) is 12.8 Å². The van der Waals surface area contributed by atoms with Crippen LogP contribution in [-0.2, 0) is 6.42 Å². The zero-order valence-electron chi connectivity index (χ0n) is 17.0. The van der Waals surface area contributed by atoms with Gasteiger partial charge in [0.1, 0.15) is 5.52 Å². The predicted octanol–water partition coefficient (Wildman–Crippen LogP) is 3.71. The molecular formula is C22H25ClN6O. The van der Waals surface area contributed by atoms with E-state index in [1.807, 2.05) is 13.0 Å². The van der Waals surface area contributed by atoms with Gasteiger partial charge in [0.25, 0.3) is 5.56 Å². The highest BCUT2D eigenvalue weighted by Crippen LogP contribution is 2.33. The fourth-order valence-corrected chi connectivity index (χ4v) is 4.34. The molecule has 0 spiro atoms. The molecule has 156 valence electrons. The lowest BCUT2D eigenvalue weighted by molar-refractivity contribution is 0.401. The van der Waals surface area contributed by atoms with Crippen LogP contribution in [0.15, 0.2) is 29.3 Å². The second kappa shape index (κ2) is 7.87. The Bertz CT molecular complexity index is 1130. The summed E-state index contributed by atoms with van der Waals surface area (Å²) in [6.07, 6.45) is 8.45. The summed E-state index contributed by atoms with van der Waals surface area (Å²) in [5.41, 5.74) is 3.37. The molecule has 1 aliphatic heterocycles. The van der Waals surface area contributed by atoms with Gasteiger partial charge in [0.05, 0.1) is 16.2 Å². The number of fused-ring (bicyclic) bond motifs is 1. The summed E-state index contributed by atoms with van der Waals surface area (Å²) >= 11 is 6.06. The van der Waals surface area contributed by atoms with E-state index in [0.717, 1.165) is 66.3 Å². The first-order chi connectivity index (χ1) is 14.6. The zero-order valence-corrected chi connectivity index (χ0v) is 17.7. The number of aromatic amines is 1. The third kappa shape index (κ3) is 3.99. The number of piperidine rings is 1. The molecule has 0 amide bonds. The molecule has 2 aliphatic rings. The minimum atomic E-state index is -0.0406. The van der Waals surface area contributed by atoms with E-state index >= 15 is 0 Å². The molecule has 4 heterocycles. The summed E-state index contributed by atoms with van der Waals surface area (Å²) < 4.78 is 0. The summed E-state index contributed by atoms with van der Waals surface area (Å²) in [6.45, 7) is 3.76. The first-order valence-corrected chi connectivity index (χ1v) is 11.0. The van der Waals surface area contributed by atoms with Crippen LogP contribution in [0.2, 0.25) is 5.02 Å². The van der Waals surface area contributed by atoms with E-state index in [-0.39, 0.29) is 5.56 Å². The number of pyridine rings is 2. The van der Waals surface area contributed by atoms with Crippen molar-refractivity contribution in [2.45, 2.75) is 45.1 Å². The highest BCUT2D eigenvalue weighted by atomic mass is 35.5. The predicted molar refractivity (Wildman–Crippen MR) is 119 cm³/mol. The van der Waals surface area contributed by atoms with Crippen LogP contribution >= 0.6 is 11.6 Å². The van der Waals surface area contributed by atoms with E-state index in [1.54, 1.807) is 18.5 Å².